The van der Waals surface area contributed by atoms with Gasteiger partial charge in [0.2, 0.25) is 0 Å². The normalized spacial score (nSPS) is 24.4. The maximum absolute atomic E-state index is 4.51. The molecular weight excluding hydrogens is 222 g/mol. The second-order valence-electron chi connectivity index (χ2n) is 5.83. The van der Waals surface area contributed by atoms with E-state index in [-0.39, 0.29) is 0 Å². The highest BCUT2D eigenvalue weighted by atomic mass is 14.9. The summed E-state index contributed by atoms with van der Waals surface area (Å²) in [6.45, 7) is 6.76. The van der Waals surface area contributed by atoms with Gasteiger partial charge in [0.25, 0.3) is 0 Å². The van der Waals surface area contributed by atoms with Crippen molar-refractivity contribution in [1.29, 1.82) is 0 Å². The maximum atomic E-state index is 4.51. The smallest absolute Gasteiger partial charge is 0.0620 e. The Kier molecular flexibility index (Phi) is 5.12. The number of nitrogens with zero attached hydrogens (tertiary/aromatic N) is 2. The van der Waals surface area contributed by atoms with E-state index in [2.05, 4.69) is 29.1 Å². The number of hydrogen-bond donors (Lipinski definition) is 1. The predicted molar refractivity (Wildman–Crippen MR) is 74.4 cm³/mol. The molecule has 18 heavy (non-hydrogen) atoms. The molecule has 1 saturated carbocycles. The molecule has 1 fully saturated rings. The molecule has 1 aliphatic carbocycles. The van der Waals surface area contributed by atoms with Crippen LogP contribution in [0.25, 0.3) is 0 Å². The standard InChI is InChI=1S/C15H25N3/c1-12(2)9-17-10-13-5-3-4-6-14(13)15-11-16-7-8-18-15/h7-8,11-14,17H,3-6,9-10H2,1-2H3. The van der Waals surface area contributed by atoms with Crippen molar-refractivity contribution in [2.45, 2.75) is 45.4 Å². The summed E-state index contributed by atoms with van der Waals surface area (Å²) >= 11 is 0. The Morgan fingerprint density at radius 2 is 2.11 bits per heavy atom. The van der Waals surface area contributed by atoms with Gasteiger partial charge in [0.05, 0.1) is 5.69 Å². The van der Waals surface area contributed by atoms with Crippen molar-refractivity contribution in [1.82, 2.24) is 15.3 Å². The molecule has 3 heteroatoms. The first kappa shape index (κ1) is 13.5. The van der Waals surface area contributed by atoms with Crippen LogP contribution < -0.4 is 5.32 Å². The summed E-state index contributed by atoms with van der Waals surface area (Å²) in [5.41, 5.74) is 1.19. The first-order chi connectivity index (χ1) is 8.77. The van der Waals surface area contributed by atoms with Gasteiger partial charge in [-0.05, 0) is 37.8 Å². The summed E-state index contributed by atoms with van der Waals surface area (Å²) in [4.78, 5) is 8.73. The fraction of sp³-hybridized carbons (Fsp3) is 0.733. The van der Waals surface area contributed by atoms with Gasteiger partial charge in [0, 0.05) is 24.5 Å². The Balaban J connectivity index is 1.94. The molecule has 1 N–H and O–H groups in total. The van der Waals surface area contributed by atoms with E-state index >= 15 is 0 Å². The van der Waals surface area contributed by atoms with Crippen molar-refractivity contribution in [3.05, 3.63) is 24.3 Å². The lowest BCUT2D eigenvalue weighted by atomic mass is 9.77. The van der Waals surface area contributed by atoms with Crippen LogP contribution in [0.15, 0.2) is 18.6 Å². The highest BCUT2D eigenvalue weighted by molar-refractivity contribution is 5.07. The summed E-state index contributed by atoms with van der Waals surface area (Å²) in [5.74, 6) is 2.06. The van der Waals surface area contributed by atoms with Crippen LogP contribution in [-0.4, -0.2) is 23.1 Å². The van der Waals surface area contributed by atoms with E-state index in [1.807, 2.05) is 12.4 Å². The van der Waals surface area contributed by atoms with Gasteiger partial charge in [-0.2, -0.15) is 0 Å². The molecule has 1 aromatic heterocycles. The average molecular weight is 247 g/mol. The molecule has 1 aromatic rings. The summed E-state index contributed by atoms with van der Waals surface area (Å²) in [5, 5.41) is 3.61. The van der Waals surface area contributed by atoms with E-state index < -0.39 is 0 Å². The van der Waals surface area contributed by atoms with E-state index in [9.17, 15) is 0 Å². The van der Waals surface area contributed by atoms with Crippen LogP contribution in [0.4, 0.5) is 0 Å². The molecule has 0 aliphatic heterocycles. The third-order valence-corrected chi connectivity index (χ3v) is 3.83. The summed E-state index contributed by atoms with van der Waals surface area (Å²) in [6, 6.07) is 0. The average Bonchev–Trinajstić information content (AvgIpc) is 2.40. The molecule has 2 unspecified atom stereocenters. The zero-order valence-electron chi connectivity index (χ0n) is 11.6. The van der Waals surface area contributed by atoms with Crippen molar-refractivity contribution >= 4 is 0 Å². The van der Waals surface area contributed by atoms with Gasteiger partial charge in [0.15, 0.2) is 0 Å². The maximum Gasteiger partial charge on any atom is 0.0620 e. The van der Waals surface area contributed by atoms with Gasteiger partial charge >= 0.3 is 0 Å². The molecule has 2 atom stereocenters. The number of hydrogen-bond acceptors (Lipinski definition) is 3. The van der Waals surface area contributed by atoms with Crippen LogP contribution in [0.1, 0.15) is 51.1 Å². The summed E-state index contributed by atoms with van der Waals surface area (Å²) in [6.07, 6.45) is 10.8. The molecule has 0 aromatic carbocycles. The topological polar surface area (TPSA) is 37.8 Å². The van der Waals surface area contributed by atoms with E-state index in [0.29, 0.717) is 5.92 Å². The lowest BCUT2D eigenvalue weighted by Crippen LogP contribution is -2.31. The highest BCUT2D eigenvalue weighted by Crippen LogP contribution is 2.36. The Morgan fingerprint density at radius 1 is 1.28 bits per heavy atom. The first-order valence-corrected chi connectivity index (χ1v) is 7.24. The lowest BCUT2D eigenvalue weighted by Gasteiger charge is -2.31. The van der Waals surface area contributed by atoms with Crippen LogP contribution in [0.3, 0.4) is 0 Å². The molecule has 1 aliphatic rings. The van der Waals surface area contributed by atoms with Crippen LogP contribution in [-0.2, 0) is 0 Å². The van der Waals surface area contributed by atoms with E-state index in [0.717, 1.165) is 24.9 Å². The minimum Gasteiger partial charge on any atom is -0.316 e. The Bertz CT molecular complexity index is 337. The monoisotopic (exact) mass is 247 g/mol. The molecule has 0 amide bonds. The Labute approximate surface area is 110 Å². The summed E-state index contributed by atoms with van der Waals surface area (Å²) < 4.78 is 0. The minimum atomic E-state index is 0.604. The van der Waals surface area contributed by atoms with Gasteiger partial charge in [-0.25, -0.2) is 0 Å². The third-order valence-electron chi connectivity index (χ3n) is 3.83. The van der Waals surface area contributed by atoms with Crippen molar-refractivity contribution in [2.24, 2.45) is 11.8 Å². The van der Waals surface area contributed by atoms with Crippen molar-refractivity contribution in [3.8, 4) is 0 Å². The molecule has 0 bridgehead atoms. The van der Waals surface area contributed by atoms with Crippen LogP contribution >= 0.6 is 0 Å². The minimum absolute atomic E-state index is 0.604. The van der Waals surface area contributed by atoms with E-state index in [1.165, 1.54) is 31.4 Å². The molecule has 100 valence electrons. The predicted octanol–water partition coefficient (Wildman–Crippen LogP) is 3.00. The highest BCUT2D eigenvalue weighted by Gasteiger charge is 2.27. The van der Waals surface area contributed by atoms with Crippen LogP contribution in [0.2, 0.25) is 0 Å². The second kappa shape index (κ2) is 6.83. The number of nitrogens with one attached hydrogen (secondary N) is 1. The molecule has 1 heterocycles. The Morgan fingerprint density at radius 3 is 2.83 bits per heavy atom. The Hall–Kier alpha value is -0.960. The van der Waals surface area contributed by atoms with Crippen molar-refractivity contribution in [3.63, 3.8) is 0 Å². The fourth-order valence-corrected chi connectivity index (χ4v) is 2.90. The summed E-state index contributed by atoms with van der Waals surface area (Å²) in [7, 11) is 0. The van der Waals surface area contributed by atoms with Crippen molar-refractivity contribution in [2.75, 3.05) is 13.1 Å². The quantitative estimate of drug-likeness (QED) is 0.869. The van der Waals surface area contributed by atoms with Crippen LogP contribution in [0.5, 0.6) is 0 Å². The van der Waals surface area contributed by atoms with Crippen LogP contribution in [0, 0.1) is 11.8 Å². The SMILES string of the molecule is CC(C)CNCC1CCCCC1c1cnccn1. The molecule has 2 rings (SSSR count). The van der Waals surface area contributed by atoms with Crippen molar-refractivity contribution < 1.29 is 0 Å². The zero-order valence-corrected chi connectivity index (χ0v) is 11.6. The van der Waals surface area contributed by atoms with Gasteiger partial charge in [-0.15, -0.1) is 0 Å². The number of aromatic nitrogens is 2. The molecule has 0 saturated heterocycles. The van der Waals surface area contributed by atoms with Gasteiger partial charge in [0.1, 0.15) is 0 Å². The van der Waals surface area contributed by atoms with E-state index in [4.69, 9.17) is 0 Å². The van der Waals surface area contributed by atoms with Gasteiger partial charge in [-0.1, -0.05) is 26.7 Å². The van der Waals surface area contributed by atoms with E-state index in [1.54, 1.807) is 6.20 Å². The third kappa shape index (κ3) is 3.77. The molecular formula is C15H25N3. The number of rotatable bonds is 5. The lowest BCUT2D eigenvalue weighted by molar-refractivity contribution is 0.287. The molecule has 3 nitrogen and oxygen atoms in total. The fourth-order valence-electron chi connectivity index (χ4n) is 2.90. The zero-order chi connectivity index (χ0) is 12.8. The van der Waals surface area contributed by atoms with Gasteiger partial charge < -0.3 is 5.32 Å². The molecule has 0 spiro atoms. The van der Waals surface area contributed by atoms with Gasteiger partial charge in [-0.3, -0.25) is 9.97 Å². The molecule has 0 radical (unpaired) electrons. The second-order valence-corrected chi connectivity index (χ2v) is 5.83. The first-order valence-electron chi connectivity index (χ1n) is 7.24. The largest absolute Gasteiger partial charge is 0.316 e.